The van der Waals surface area contributed by atoms with Crippen molar-refractivity contribution >= 4 is 40.6 Å². The van der Waals surface area contributed by atoms with Gasteiger partial charge >= 0.3 is 11.9 Å². The number of rotatable bonds is 11. The number of carboxylic acid groups (broad SMARTS) is 2. The molecule has 2 atom stereocenters. The molecule has 0 fully saturated rings. The lowest BCUT2D eigenvalue weighted by Crippen LogP contribution is -2.41. The summed E-state index contributed by atoms with van der Waals surface area (Å²) in [5.41, 5.74) is 14.6. The molecule has 1 amide bonds. The van der Waals surface area contributed by atoms with E-state index in [1.54, 1.807) is 12.1 Å². The van der Waals surface area contributed by atoms with Gasteiger partial charge in [-0.1, -0.05) is 24.3 Å². The van der Waals surface area contributed by atoms with Gasteiger partial charge in [-0.3, -0.25) is 9.59 Å². The number of aromatic nitrogens is 3. The molecule has 2 aromatic heterocycles. The predicted molar refractivity (Wildman–Crippen MR) is 131 cm³/mol. The molecule has 3 rings (SSSR count). The number of hydrogen-bond acceptors (Lipinski definition) is 7. The Labute approximate surface area is 201 Å². The zero-order valence-electron chi connectivity index (χ0n) is 19.2. The van der Waals surface area contributed by atoms with E-state index in [2.05, 4.69) is 26.3 Å². The van der Waals surface area contributed by atoms with Crippen LogP contribution in [0.4, 0.5) is 11.8 Å². The fourth-order valence-corrected chi connectivity index (χ4v) is 3.93. The van der Waals surface area contributed by atoms with Crippen LogP contribution >= 0.6 is 0 Å². The number of hydrogen-bond donors (Lipinski definition) is 6. The van der Waals surface area contributed by atoms with E-state index in [9.17, 15) is 19.5 Å². The van der Waals surface area contributed by atoms with Crippen molar-refractivity contribution in [2.75, 3.05) is 11.5 Å². The molecule has 0 aliphatic carbocycles. The second kappa shape index (κ2) is 11.1. The number of carbonyl (C=O) groups excluding carboxylic acids is 1. The fourth-order valence-electron chi connectivity index (χ4n) is 3.93. The molecule has 0 aliphatic heterocycles. The minimum atomic E-state index is -1.28. The number of amides is 1. The number of aromatic amines is 1. The molecule has 0 saturated carbocycles. The van der Waals surface area contributed by atoms with E-state index < -0.39 is 23.9 Å². The average molecular weight is 481 g/mol. The summed E-state index contributed by atoms with van der Waals surface area (Å²) in [6, 6.07) is 5.58. The second-order valence-electron chi connectivity index (χ2n) is 8.19. The molecule has 2 heterocycles. The Kier molecular flexibility index (Phi) is 8.03. The van der Waals surface area contributed by atoms with E-state index in [1.165, 1.54) is 0 Å². The van der Waals surface area contributed by atoms with Crippen LogP contribution in [0.15, 0.2) is 42.6 Å². The van der Waals surface area contributed by atoms with E-state index in [-0.39, 0.29) is 30.3 Å². The van der Waals surface area contributed by atoms with Gasteiger partial charge in [-0.2, -0.15) is 9.97 Å². The van der Waals surface area contributed by atoms with E-state index in [0.29, 0.717) is 24.3 Å². The van der Waals surface area contributed by atoms with E-state index in [0.717, 1.165) is 16.5 Å². The first kappa shape index (κ1) is 25.2. The van der Waals surface area contributed by atoms with Gasteiger partial charge in [-0.15, -0.1) is 0 Å². The highest BCUT2D eigenvalue weighted by atomic mass is 16.4. The standard InChI is InChI=1S/C24H28N6O5/c1-2-3-14(11-16-12-27-21-19(16)20(25)29-24(26)30-21)10-13-4-6-15(7-5-13)22(33)28-17(23(34)35)8-9-18(31)32/h2-7,12,14,17H,8-11H2,1H3,(H,28,33)(H,31,32)(H,34,35)(H5,25,26,27,29,30)/t14?,17-/m0/s1. The number of aliphatic carboxylic acids is 2. The predicted octanol–water partition coefficient (Wildman–Crippen LogP) is 2.15. The summed E-state index contributed by atoms with van der Waals surface area (Å²) < 4.78 is 0. The number of nitrogens with two attached hydrogens (primary N) is 2. The van der Waals surface area contributed by atoms with Crippen LogP contribution < -0.4 is 16.8 Å². The van der Waals surface area contributed by atoms with Gasteiger partial charge in [0.2, 0.25) is 5.95 Å². The Morgan fingerprint density at radius 3 is 2.46 bits per heavy atom. The van der Waals surface area contributed by atoms with Crippen LogP contribution in [-0.4, -0.2) is 49.1 Å². The molecule has 3 aromatic rings. The molecule has 184 valence electrons. The summed E-state index contributed by atoms with van der Waals surface area (Å²) >= 11 is 0. The van der Waals surface area contributed by atoms with Crippen LogP contribution in [0.25, 0.3) is 11.0 Å². The SMILES string of the molecule is CC=CC(Cc1ccc(C(=O)N[C@@H](CCC(=O)O)C(=O)O)cc1)Cc1c[nH]c2nc(N)nc(N)c12. The van der Waals surface area contributed by atoms with Crippen molar-refractivity contribution in [3.63, 3.8) is 0 Å². The molecule has 11 nitrogen and oxygen atoms in total. The topological polar surface area (TPSA) is 197 Å². The highest BCUT2D eigenvalue weighted by Crippen LogP contribution is 2.26. The Morgan fingerprint density at radius 2 is 1.83 bits per heavy atom. The number of H-pyrrole nitrogens is 1. The molecule has 0 radical (unpaired) electrons. The van der Waals surface area contributed by atoms with E-state index >= 15 is 0 Å². The first-order valence-corrected chi connectivity index (χ1v) is 11.0. The third-order valence-electron chi connectivity index (χ3n) is 5.57. The largest absolute Gasteiger partial charge is 0.481 e. The quantitative estimate of drug-likeness (QED) is 0.223. The monoisotopic (exact) mass is 480 g/mol. The molecule has 0 aliphatic rings. The van der Waals surface area contributed by atoms with Crippen molar-refractivity contribution in [1.29, 1.82) is 0 Å². The Hall–Kier alpha value is -4.41. The number of anilines is 2. The lowest BCUT2D eigenvalue weighted by molar-refractivity contribution is -0.140. The van der Waals surface area contributed by atoms with Crippen molar-refractivity contribution < 1.29 is 24.6 Å². The Bertz CT molecular complexity index is 1250. The first-order chi connectivity index (χ1) is 16.7. The summed E-state index contributed by atoms with van der Waals surface area (Å²) in [4.78, 5) is 45.8. The maximum atomic E-state index is 12.5. The van der Waals surface area contributed by atoms with Crippen LogP contribution in [0.2, 0.25) is 0 Å². The number of nitrogens with zero attached hydrogens (tertiary/aromatic N) is 2. The lowest BCUT2D eigenvalue weighted by atomic mass is 9.92. The summed E-state index contributed by atoms with van der Waals surface area (Å²) in [5, 5.41) is 21.1. The van der Waals surface area contributed by atoms with E-state index in [4.69, 9.17) is 16.6 Å². The highest BCUT2D eigenvalue weighted by Gasteiger charge is 2.22. The van der Waals surface area contributed by atoms with Crippen molar-refractivity contribution in [2.45, 2.75) is 38.6 Å². The van der Waals surface area contributed by atoms with Gasteiger partial charge in [0.25, 0.3) is 5.91 Å². The molecule has 1 aromatic carbocycles. The smallest absolute Gasteiger partial charge is 0.326 e. The van der Waals surface area contributed by atoms with Gasteiger partial charge in [0.1, 0.15) is 17.5 Å². The molecule has 11 heteroatoms. The Balaban J connectivity index is 1.69. The van der Waals surface area contributed by atoms with Gasteiger partial charge in [0.15, 0.2) is 0 Å². The van der Waals surface area contributed by atoms with Crippen LogP contribution in [0, 0.1) is 5.92 Å². The van der Waals surface area contributed by atoms with Crippen molar-refractivity contribution in [3.05, 3.63) is 59.3 Å². The van der Waals surface area contributed by atoms with E-state index in [1.807, 2.05) is 31.3 Å². The van der Waals surface area contributed by atoms with Crippen LogP contribution in [0.3, 0.4) is 0 Å². The first-order valence-electron chi connectivity index (χ1n) is 11.0. The molecule has 8 N–H and O–H groups in total. The van der Waals surface area contributed by atoms with Crippen LogP contribution in [0.5, 0.6) is 0 Å². The van der Waals surface area contributed by atoms with Crippen molar-refractivity contribution in [1.82, 2.24) is 20.3 Å². The zero-order valence-corrected chi connectivity index (χ0v) is 19.2. The normalized spacial score (nSPS) is 13.1. The molecule has 35 heavy (non-hydrogen) atoms. The maximum Gasteiger partial charge on any atom is 0.326 e. The fraction of sp³-hybridized carbons (Fsp3) is 0.292. The summed E-state index contributed by atoms with van der Waals surface area (Å²) in [7, 11) is 0. The number of nitrogen functional groups attached to an aromatic ring is 2. The summed E-state index contributed by atoms with van der Waals surface area (Å²) in [6.45, 7) is 1.94. The minimum absolute atomic E-state index is 0.106. The number of fused-ring (bicyclic) bond motifs is 1. The van der Waals surface area contributed by atoms with Gasteiger partial charge in [0, 0.05) is 18.2 Å². The van der Waals surface area contributed by atoms with Gasteiger partial charge in [-0.25, -0.2) is 4.79 Å². The molecule has 0 spiro atoms. The molecular formula is C24H28N6O5. The van der Waals surface area contributed by atoms with Crippen LogP contribution in [0.1, 0.15) is 41.3 Å². The second-order valence-corrected chi connectivity index (χ2v) is 8.19. The number of nitrogens with one attached hydrogen (secondary N) is 2. The van der Waals surface area contributed by atoms with Gasteiger partial charge in [-0.05, 0) is 55.4 Å². The van der Waals surface area contributed by atoms with Gasteiger partial charge < -0.3 is 32.0 Å². The van der Waals surface area contributed by atoms with Crippen LogP contribution in [-0.2, 0) is 22.4 Å². The third-order valence-corrected chi connectivity index (χ3v) is 5.57. The number of carbonyl (C=O) groups is 3. The lowest BCUT2D eigenvalue weighted by Gasteiger charge is -2.15. The van der Waals surface area contributed by atoms with Crippen molar-refractivity contribution in [3.8, 4) is 0 Å². The number of benzene rings is 1. The average Bonchev–Trinajstić information content (AvgIpc) is 3.19. The molecule has 1 unspecified atom stereocenters. The highest BCUT2D eigenvalue weighted by molar-refractivity contribution is 5.96. The zero-order chi connectivity index (χ0) is 25.5. The minimum Gasteiger partial charge on any atom is -0.481 e. The molecular weight excluding hydrogens is 452 g/mol. The summed E-state index contributed by atoms with van der Waals surface area (Å²) in [5.74, 6) is -2.43. The summed E-state index contributed by atoms with van der Waals surface area (Å²) in [6.07, 6.45) is 6.72. The Morgan fingerprint density at radius 1 is 1.11 bits per heavy atom. The van der Waals surface area contributed by atoms with Crippen molar-refractivity contribution in [2.24, 2.45) is 5.92 Å². The maximum absolute atomic E-state index is 12.5. The number of allylic oxidation sites excluding steroid dienone is 2. The van der Waals surface area contributed by atoms with Gasteiger partial charge in [0.05, 0.1) is 5.39 Å². The number of carboxylic acids is 2. The third kappa shape index (κ3) is 6.56. The molecule has 0 saturated heterocycles. The molecule has 0 bridgehead atoms.